The van der Waals surface area contributed by atoms with E-state index in [1.807, 2.05) is 0 Å². The molecule has 0 amide bonds. The highest BCUT2D eigenvalue weighted by atomic mass is 31.0. The molecule has 0 aromatic carbocycles. The van der Waals surface area contributed by atoms with E-state index in [4.69, 9.17) is 0 Å². The summed E-state index contributed by atoms with van der Waals surface area (Å²) in [5.74, 6) is 0. The molecule has 0 spiro atoms. The molecule has 0 aromatic heterocycles. The summed E-state index contributed by atoms with van der Waals surface area (Å²) in [6, 6.07) is 0. The van der Waals surface area contributed by atoms with Gasteiger partial charge in [-0.05, 0) is 9.39 Å². The summed E-state index contributed by atoms with van der Waals surface area (Å²) in [6.45, 7) is 3.49. The molecule has 0 N–H and O–H groups in total. The molecule has 1 unspecified atom stereocenters. The second-order valence-electron chi connectivity index (χ2n) is 1.00. The maximum Gasteiger partial charge on any atom is 0.0914 e. The topological polar surface area (TPSA) is 15.6 Å². The van der Waals surface area contributed by atoms with Gasteiger partial charge in [0.2, 0.25) is 0 Å². The molecule has 0 fully saturated rings. The van der Waals surface area contributed by atoms with Gasteiger partial charge in [0.1, 0.15) is 0 Å². The Morgan fingerprint density at radius 3 is 2.57 bits per heavy atom. The van der Waals surface area contributed by atoms with Crippen LogP contribution in [0.4, 0.5) is 0 Å². The van der Waals surface area contributed by atoms with Gasteiger partial charge >= 0.3 is 0 Å². The van der Waals surface area contributed by atoms with E-state index >= 15 is 0 Å². The summed E-state index contributed by atoms with van der Waals surface area (Å²) in [6.07, 6.45) is 3.30. The molecular weight excluding hydrogens is 107 g/mol. The summed E-state index contributed by atoms with van der Waals surface area (Å²) < 4.78 is 1.69. The molecule has 0 aliphatic carbocycles. The van der Waals surface area contributed by atoms with E-state index in [0.717, 1.165) is 0 Å². The van der Waals surface area contributed by atoms with Gasteiger partial charge in [-0.3, -0.25) is 4.99 Å². The lowest BCUT2D eigenvalue weighted by molar-refractivity contribution is 0.961. The van der Waals surface area contributed by atoms with Crippen LogP contribution in [-0.2, 0) is 0 Å². The summed E-state index contributed by atoms with van der Waals surface area (Å²) >= 11 is 0. The first-order chi connectivity index (χ1) is 3.31. The van der Waals surface area contributed by atoms with Crippen LogP contribution in [0.5, 0.6) is 0 Å². The Labute approximate surface area is 46.2 Å². The molecule has 0 rings (SSSR count). The van der Waals surface area contributed by atoms with Crippen molar-refractivity contribution in [2.24, 2.45) is 4.99 Å². The quantitative estimate of drug-likeness (QED) is 0.297. The minimum Gasteiger partial charge on any atom is -0.324 e. The van der Waals surface area contributed by atoms with Crippen molar-refractivity contribution in [3.63, 3.8) is 0 Å². The van der Waals surface area contributed by atoms with Crippen LogP contribution in [0.15, 0.2) is 17.8 Å². The Hall–Kier alpha value is -0.360. The van der Waals surface area contributed by atoms with Crippen molar-refractivity contribution in [3.05, 3.63) is 12.8 Å². The predicted octanol–water partition coefficient (Wildman–Crippen LogP) is 0.880. The molecule has 0 aliphatic rings. The number of rotatable bonds is 2. The van der Waals surface area contributed by atoms with Gasteiger partial charge in [0.05, 0.1) is 6.34 Å². The lowest BCUT2D eigenvalue weighted by atomic mass is 11.0. The molecule has 7 heavy (non-hydrogen) atoms. The van der Waals surface area contributed by atoms with Crippen molar-refractivity contribution in [2.45, 2.75) is 0 Å². The summed E-state index contributed by atoms with van der Waals surface area (Å²) in [4.78, 5) is 3.72. The summed E-state index contributed by atoms with van der Waals surface area (Å²) in [5, 5.41) is 0. The van der Waals surface area contributed by atoms with Crippen LogP contribution in [-0.4, -0.2) is 18.1 Å². The monoisotopic (exact) mass is 116 g/mol. The second kappa shape index (κ2) is 3.82. The van der Waals surface area contributed by atoms with Crippen LogP contribution in [0.3, 0.4) is 0 Å². The van der Waals surface area contributed by atoms with Crippen molar-refractivity contribution in [3.8, 4) is 0 Å². The van der Waals surface area contributed by atoms with Gasteiger partial charge in [0.15, 0.2) is 0 Å². The van der Waals surface area contributed by atoms with Crippen molar-refractivity contribution in [1.82, 2.24) is 4.67 Å². The van der Waals surface area contributed by atoms with Gasteiger partial charge in [0.25, 0.3) is 0 Å². The lowest BCUT2D eigenvalue weighted by Crippen LogP contribution is -1.95. The van der Waals surface area contributed by atoms with Gasteiger partial charge < -0.3 is 4.67 Å². The zero-order valence-corrected chi connectivity index (χ0v) is 5.49. The maximum absolute atomic E-state index is 3.72. The predicted molar refractivity (Wildman–Crippen MR) is 36.2 cm³/mol. The zero-order valence-electron chi connectivity index (χ0n) is 4.33. The number of hydrogen-bond acceptors (Lipinski definition) is 1. The molecule has 0 aromatic rings. The third-order valence-corrected chi connectivity index (χ3v) is 0.804. The van der Waals surface area contributed by atoms with Gasteiger partial charge in [-0.2, -0.15) is 0 Å². The average Bonchev–Trinajstić information content (AvgIpc) is 1.68. The molecule has 3 heteroatoms. The third kappa shape index (κ3) is 3.47. The first kappa shape index (κ1) is 6.64. The number of aliphatic imine (C=N–C) groups is 1. The number of nitrogens with zero attached hydrogens (tertiary/aromatic N) is 2. The van der Waals surface area contributed by atoms with E-state index in [2.05, 4.69) is 21.0 Å². The molecule has 0 bridgehead atoms. The van der Waals surface area contributed by atoms with Crippen LogP contribution in [0.2, 0.25) is 0 Å². The molecular formula is C4H9N2P. The molecule has 0 saturated carbocycles. The number of hydrogen-bond donors (Lipinski definition) is 0. The van der Waals surface area contributed by atoms with Gasteiger partial charge in [-0.15, -0.1) is 0 Å². The fourth-order valence-corrected chi connectivity index (χ4v) is 0.314. The Bertz CT molecular complexity index is 79.8. The third-order valence-electron chi connectivity index (χ3n) is 0.460. The highest BCUT2D eigenvalue weighted by molar-refractivity contribution is 7.14. The smallest absolute Gasteiger partial charge is 0.0914 e. The standard InChI is InChI=1S/C4H9N2P/c1-3-6(7)4-5-2/h3-4H,1,7H2,2H3. The fraction of sp³-hybridized carbons (Fsp3) is 0.250. The van der Waals surface area contributed by atoms with E-state index in [9.17, 15) is 0 Å². The molecule has 0 radical (unpaired) electrons. The molecule has 0 heterocycles. The average molecular weight is 116 g/mol. The first-order valence-electron chi connectivity index (χ1n) is 1.89. The van der Waals surface area contributed by atoms with Crippen molar-refractivity contribution < 1.29 is 0 Å². The largest absolute Gasteiger partial charge is 0.324 e. The van der Waals surface area contributed by atoms with Gasteiger partial charge in [-0.1, -0.05) is 6.58 Å². The van der Waals surface area contributed by atoms with E-state index < -0.39 is 0 Å². The first-order valence-corrected chi connectivity index (χ1v) is 2.40. The zero-order chi connectivity index (χ0) is 5.70. The SMILES string of the molecule is C=CN(P)C=NC. The van der Waals surface area contributed by atoms with Crippen molar-refractivity contribution in [1.29, 1.82) is 0 Å². The highest BCUT2D eigenvalue weighted by Crippen LogP contribution is 1.90. The Morgan fingerprint density at radius 1 is 1.86 bits per heavy atom. The fourth-order valence-electron chi connectivity index (χ4n) is 0.180. The summed E-state index contributed by atoms with van der Waals surface area (Å²) in [5.41, 5.74) is 0. The highest BCUT2D eigenvalue weighted by Gasteiger charge is 1.72. The van der Waals surface area contributed by atoms with Gasteiger partial charge in [0, 0.05) is 13.2 Å². The molecule has 0 saturated heterocycles. The van der Waals surface area contributed by atoms with Crippen LogP contribution in [0.1, 0.15) is 0 Å². The normalized spacial score (nSPS) is 9.43. The van der Waals surface area contributed by atoms with Crippen LogP contribution >= 0.6 is 9.39 Å². The lowest BCUT2D eigenvalue weighted by Gasteiger charge is -2.00. The Morgan fingerprint density at radius 2 is 2.43 bits per heavy atom. The molecule has 0 aliphatic heterocycles. The molecule has 40 valence electrons. The maximum atomic E-state index is 3.72. The van der Waals surface area contributed by atoms with Crippen molar-refractivity contribution in [2.75, 3.05) is 7.05 Å². The minimum atomic E-state index is 1.65. The van der Waals surface area contributed by atoms with E-state index in [1.54, 1.807) is 24.3 Å². The minimum absolute atomic E-state index is 1.65. The van der Waals surface area contributed by atoms with Crippen LogP contribution in [0.25, 0.3) is 0 Å². The Kier molecular flexibility index (Phi) is 3.62. The molecule has 2 nitrogen and oxygen atoms in total. The molecule has 1 atom stereocenters. The van der Waals surface area contributed by atoms with Crippen molar-refractivity contribution >= 4 is 15.7 Å². The van der Waals surface area contributed by atoms with Crippen LogP contribution < -0.4 is 0 Å². The second-order valence-corrected chi connectivity index (χ2v) is 1.60. The van der Waals surface area contributed by atoms with E-state index in [-0.39, 0.29) is 0 Å². The van der Waals surface area contributed by atoms with Crippen LogP contribution in [0, 0.1) is 0 Å². The Balaban J connectivity index is 3.35. The summed E-state index contributed by atoms with van der Waals surface area (Å²) in [7, 11) is 4.13. The van der Waals surface area contributed by atoms with E-state index in [1.165, 1.54) is 0 Å². The van der Waals surface area contributed by atoms with Gasteiger partial charge in [-0.25, -0.2) is 0 Å². The van der Waals surface area contributed by atoms with E-state index in [0.29, 0.717) is 0 Å².